The minimum Gasteiger partial charge on any atom is -0.488 e. The Labute approximate surface area is 199 Å². The van der Waals surface area contributed by atoms with Crippen molar-refractivity contribution >= 4 is 38.8 Å². The molecule has 0 aliphatic rings. The molecule has 0 saturated heterocycles. The van der Waals surface area contributed by atoms with Gasteiger partial charge in [-0.05, 0) is 58.8 Å². The second-order valence-electron chi connectivity index (χ2n) is 7.15. The number of amides is 1. The van der Waals surface area contributed by atoms with Gasteiger partial charge in [0.2, 0.25) is 0 Å². The largest absolute Gasteiger partial charge is 0.488 e. The van der Waals surface area contributed by atoms with Gasteiger partial charge in [0.05, 0.1) is 6.21 Å². The highest BCUT2D eigenvalue weighted by molar-refractivity contribution is 9.10. The molecule has 7 heteroatoms. The zero-order valence-electron chi connectivity index (χ0n) is 17.5. The zero-order valence-corrected chi connectivity index (χ0v) is 19.1. The molecule has 5 nitrogen and oxygen atoms in total. The highest BCUT2D eigenvalue weighted by Gasteiger charge is 2.09. The van der Waals surface area contributed by atoms with Crippen molar-refractivity contribution in [1.82, 2.24) is 5.43 Å². The number of ether oxygens (including phenoxy) is 2. The normalized spacial score (nSPS) is 11.0. The van der Waals surface area contributed by atoms with Gasteiger partial charge in [0.15, 0.2) is 6.61 Å². The van der Waals surface area contributed by atoms with E-state index in [4.69, 9.17) is 9.47 Å². The molecule has 1 N–H and O–H groups in total. The van der Waals surface area contributed by atoms with Crippen LogP contribution in [0.1, 0.15) is 11.1 Å². The standard InChI is InChI=1S/C26H20BrFN2O3/c27-20-6-3-4-18(14-20)16-33-25-13-8-19-5-1-2-7-23(19)24(25)15-29-30-26(31)17-32-22-11-9-21(28)10-12-22/h1-15H,16-17H2,(H,30,31). The van der Waals surface area contributed by atoms with Crippen molar-refractivity contribution in [2.24, 2.45) is 5.10 Å². The fraction of sp³-hybridized carbons (Fsp3) is 0.0769. The number of hydrogen-bond acceptors (Lipinski definition) is 4. The Morgan fingerprint density at radius 1 is 0.970 bits per heavy atom. The second kappa shape index (κ2) is 10.7. The molecular weight excluding hydrogens is 487 g/mol. The fourth-order valence-electron chi connectivity index (χ4n) is 3.20. The molecule has 1 amide bonds. The third-order valence-electron chi connectivity index (χ3n) is 4.78. The van der Waals surface area contributed by atoms with Gasteiger partial charge in [-0.25, -0.2) is 9.82 Å². The summed E-state index contributed by atoms with van der Waals surface area (Å²) in [6, 6.07) is 25.1. The fourth-order valence-corrected chi connectivity index (χ4v) is 3.65. The number of nitrogens with one attached hydrogen (secondary N) is 1. The molecule has 0 fully saturated rings. The van der Waals surface area contributed by atoms with Gasteiger partial charge in [0.1, 0.15) is 23.9 Å². The summed E-state index contributed by atoms with van der Waals surface area (Å²) in [6.45, 7) is 0.140. The smallest absolute Gasteiger partial charge is 0.277 e. The van der Waals surface area contributed by atoms with Crippen LogP contribution >= 0.6 is 15.9 Å². The van der Waals surface area contributed by atoms with Crippen LogP contribution < -0.4 is 14.9 Å². The van der Waals surface area contributed by atoms with Gasteiger partial charge in [-0.3, -0.25) is 4.79 Å². The average molecular weight is 507 g/mol. The Hall–Kier alpha value is -3.71. The number of nitrogens with zero attached hydrogens (tertiary/aromatic N) is 1. The van der Waals surface area contributed by atoms with Crippen molar-refractivity contribution in [1.29, 1.82) is 0 Å². The van der Waals surface area contributed by atoms with Crippen molar-refractivity contribution < 1.29 is 18.7 Å². The van der Waals surface area contributed by atoms with E-state index in [0.717, 1.165) is 26.4 Å². The number of carbonyl (C=O) groups is 1. The van der Waals surface area contributed by atoms with E-state index in [2.05, 4.69) is 26.5 Å². The molecule has 33 heavy (non-hydrogen) atoms. The van der Waals surface area contributed by atoms with Gasteiger partial charge < -0.3 is 9.47 Å². The number of carbonyl (C=O) groups excluding carboxylic acids is 1. The summed E-state index contributed by atoms with van der Waals surface area (Å²) in [5.74, 6) is 0.235. The van der Waals surface area contributed by atoms with Crippen molar-refractivity contribution in [3.63, 3.8) is 0 Å². The number of halogens is 2. The summed E-state index contributed by atoms with van der Waals surface area (Å²) in [7, 11) is 0. The number of benzene rings is 4. The highest BCUT2D eigenvalue weighted by atomic mass is 79.9. The molecule has 0 aromatic heterocycles. The summed E-state index contributed by atoms with van der Waals surface area (Å²) in [5.41, 5.74) is 4.23. The number of hydrazone groups is 1. The van der Waals surface area contributed by atoms with Gasteiger partial charge in [-0.1, -0.05) is 58.4 Å². The van der Waals surface area contributed by atoms with Gasteiger partial charge in [0, 0.05) is 10.0 Å². The molecule has 4 aromatic carbocycles. The van der Waals surface area contributed by atoms with E-state index in [-0.39, 0.29) is 12.4 Å². The molecule has 0 aliphatic heterocycles. The van der Waals surface area contributed by atoms with Crippen LogP contribution in [0.3, 0.4) is 0 Å². The van der Waals surface area contributed by atoms with Crippen LogP contribution in [0, 0.1) is 5.82 Å². The summed E-state index contributed by atoms with van der Waals surface area (Å²) in [4.78, 5) is 12.1. The third-order valence-corrected chi connectivity index (χ3v) is 5.27. The Morgan fingerprint density at radius 3 is 2.61 bits per heavy atom. The van der Waals surface area contributed by atoms with Crippen LogP contribution in [0.2, 0.25) is 0 Å². The first kappa shape index (κ1) is 22.5. The van der Waals surface area contributed by atoms with E-state index in [1.54, 1.807) is 6.21 Å². The Bertz CT molecular complexity index is 1290. The molecule has 4 aromatic rings. The van der Waals surface area contributed by atoms with Crippen molar-refractivity contribution in [2.75, 3.05) is 6.61 Å². The highest BCUT2D eigenvalue weighted by Crippen LogP contribution is 2.27. The van der Waals surface area contributed by atoms with Gasteiger partial charge in [-0.2, -0.15) is 5.10 Å². The molecule has 0 unspecified atom stereocenters. The molecule has 0 bridgehead atoms. The van der Waals surface area contributed by atoms with E-state index >= 15 is 0 Å². The molecule has 0 atom stereocenters. The first-order valence-electron chi connectivity index (χ1n) is 10.2. The average Bonchev–Trinajstić information content (AvgIpc) is 2.83. The Kier molecular flexibility index (Phi) is 7.32. The van der Waals surface area contributed by atoms with E-state index in [1.165, 1.54) is 24.3 Å². The molecule has 4 rings (SSSR count). The maximum Gasteiger partial charge on any atom is 0.277 e. The molecule has 0 radical (unpaired) electrons. The van der Waals surface area contributed by atoms with Crippen LogP contribution in [-0.4, -0.2) is 18.7 Å². The predicted molar refractivity (Wildman–Crippen MR) is 130 cm³/mol. The maximum absolute atomic E-state index is 13.0. The zero-order chi connectivity index (χ0) is 23.0. The quantitative estimate of drug-likeness (QED) is 0.241. The summed E-state index contributed by atoms with van der Waals surface area (Å²) >= 11 is 3.47. The monoisotopic (exact) mass is 506 g/mol. The summed E-state index contributed by atoms with van der Waals surface area (Å²) < 4.78 is 25.4. The topological polar surface area (TPSA) is 59.9 Å². The van der Waals surface area contributed by atoms with Crippen molar-refractivity contribution in [3.8, 4) is 11.5 Å². The number of rotatable bonds is 8. The lowest BCUT2D eigenvalue weighted by Crippen LogP contribution is -2.24. The van der Waals surface area contributed by atoms with Crippen LogP contribution in [0.25, 0.3) is 10.8 Å². The lowest BCUT2D eigenvalue weighted by Gasteiger charge is -2.12. The lowest BCUT2D eigenvalue weighted by atomic mass is 10.0. The van der Waals surface area contributed by atoms with Gasteiger partial charge in [0.25, 0.3) is 5.91 Å². The third kappa shape index (κ3) is 6.17. The van der Waals surface area contributed by atoms with E-state index in [1.807, 2.05) is 60.7 Å². The number of fused-ring (bicyclic) bond motifs is 1. The van der Waals surface area contributed by atoms with Crippen molar-refractivity contribution in [2.45, 2.75) is 6.61 Å². The number of hydrogen-bond donors (Lipinski definition) is 1. The first-order chi connectivity index (χ1) is 16.1. The second-order valence-corrected chi connectivity index (χ2v) is 8.07. The van der Waals surface area contributed by atoms with Gasteiger partial charge >= 0.3 is 0 Å². The molecule has 0 spiro atoms. The minimum atomic E-state index is -0.438. The molecule has 0 heterocycles. The van der Waals surface area contributed by atoms with Crippen LogP contribution in [0.15, 0.2) is 94.5 Å². The summed E-state index contributed by atoms with van der Waals surface area (Å²) in [5, 5.41) is 6.07. The predicted octanol–water partition coefficient (Wildman–Crippen LogP) is 5.85. The summed E-state index contributed by atoms with van der Waals surface area (Å²) in [6.07, 6.45) is 1.56. The molecule has 0 saturated carbocycles. The van der Waals surface area contributed by atoms with E-state index in [9.17, 15) is 9.18 Å². The molecule has 166 valence electrons. The molecule has 0 aliphatic carbocycles. The Morgan fingerprint density at radius 2 is 1.79 bits per heavy atom. The van der Waals surface area contributed by atoms with Crippen LogP contribution in [-0.2, 0) is 11.4 Å². The van der Waals surface area contributed by atoms with Crippen LogP contribution in [0.4, 0.5) is 4.39 Å². The van der Waals surface area contributed by atoms with Gasteiger partial charge in [-0.15, -0.1) is 0 Å². The first-order valence-corrected chi connectivity index (χ1v) is 11.0. The lowest BCUT2D eigenvalue weighted by molar-refractivity contribution is -0.123. The molecular formula is C26H20BrFN2O3. The maximum atomic E-state index is 13.0. The van der Waals surface area contributed by atoms with E-state index < -0.39 is 5.91 Å². The van der Waals surface area contributed by atoms with Crippen molar-refractivity contribution in [3.05, 3.63) is 106 Å². The minimum absolute atomic E-state index is 0.245. The SMILES string of the molecule is O=C(COc1ccc(F)cc1)NN=Cc1c(OCc2cccc(Br)c2)ccc2ccccc12. The van der Waals surface area contributed by atoms with E-state index in [0.29, 0.717) is 18.1 Å². The Balaban J connectivity index is 1.46. The van der Waals surface area contributed by atoms with Crippen LogP contribution in [0.5, 0.6) is 11.5 Å².